The molecule has 0 saturated carbocycles. The first kappa shape index (κ1) is 12.8. The van der Waals surface area contributed by atoms with Gasteiger partial charge in [0.05, 0.1) is 5.69 Å². The largest absolute Gasteiger partial charge is 0.308 e. The van der Waals surface area contributed by atoms with Crippen molar-refractivity contribution in [3.05, 3.63) is 53.3 Å². The van der Waals surface area contributed by atoms with Crippen LogP contribution in [-0.2, 0) is 19.6 Å². The average molecular weight is 243 g/mol. The molecule has 0 atom stereocenters. The number of nitrogens with one attached hydrogen (secondary N) is 1. The summed E-state index contributed by atoms with van der Waals surface area (Å²) in [5.41, 5.74) is 3.74. The van der Waals surface area contributed by atoms with Crippen LogP contribution >= 0.6 is 0 Å². The summed E-state index contributed by atoms with van der Waals surface area (Å²) in [5.74, 6) is 0. The lowest BCUT2D eigenvalue weighted by atomic mass is 10.2. The van der Waals surface area contributed by atoms with Gasteiger partial charge in [-0.1, -0.05) is 37.3 Å². The van der Waals surface area contributed by atoms with Gasteiger partial charge < -0.3 is 5.32 Å². The van der Waals surface area contributed by atoms with Crippen molar-refractivity contribution in [1.29, 1.82) is 0 Å². The Balaban J connectivity index is 1.86. The second-order valence-electron chi connectivity index (χ2n) is 4.59. The van der Waals surface area contributed by atoms with Gasteiger partial charge in [0.25, 0.3) is 0 Å². The van der Waals surface area contributed by atoms with Gasteiger partial charge in [-0.25, -0.2) is 0 Å². The van der Waals surface area contributed by atoms with Crippen LogP contribution in [0.4, 0.5) is 0 Å². The second-order valence-corrected chi connectivity index (χ2v) is 4.59. The van der Waals surface area contributed by atoms with Gasteiger partial charge in [-0.2, -0.15) is 5.10 Å². The Bertz CT molecular complexity index is 474. The summed E-state index contributed by atoms with van der Waals surface area (Å²) in [6, 6.07) is 10.5. The molecule has 18 heavy (non-hydrogen) atoms. The number of benzene rings is 1. The minimum absolute atomic E-state index is 0.879. The van der Waals surface area contributed by atoms with Crippen molar-refractivity contribution in [2.24, 2.45) is 0 Å². The zero-order valence-electron chi connectivity index (χ0n) is 11.2. The third kappa shape index (κ3) is 3.44. The van der Waals surface area contributed by atoms with Crippen LogP contribution in [0.3, 0.4) is 0 Å². The van der Waals surface area contributed by atoms with Crippen LogP contribution in [0.2, 0.25) is 0 Å². The van der Waals surface area contributed by atoms with Crippen LogP contribution in [-0.4, -0.2) is 9.78 Å². The van der Waals surface area contributed by atoms with Crippen LogP contribution in [0.15, 0.2) is 36.5 Å². The van der Waals surface area contributed by atoms with E-state index in [0.717, 1.165) is 31.7 Å². The number of aryl methyl sites for hydroxylation is 2. The standard InChI is InChI=1S/C15H21N3/c1-3-9-18-12-15(13(2)17-18)11-16-10-14-7-5-4-6-8-14/h4-8,12,16H,3,9-11H2,1-2H3. The van der Waals surface area contributed by atoms with Crippen LogP contribution in [0.25, 0.3) is 0 Å². The highest BCUT2D eigenvalue weighted by molar-refractivity contribution is 5.17. The number of hydrogen-bond acceptors (Lipinski definition) is 2. The summed E-state index contributed by atoms with van der Waals surface area (Å²) in [4.78, 5) is 0. The van der Waals surface area contributed by atoms with Crippen molar-refractivity contribution < 1.29 is 0 Å². The molecule has 0 aliphatic heterocycles. The summed E-state index contributed by atoms with van der Waals surface area (Å²) < 4.78 is 2.04. The zero-order chi connectivity index (χ0) is 12.8. The van der Waals surface area contributed by atoms with E-state index >= 15 is 0 Å². The lowest BCUT2D eigenvalue weighted by molar-refractivity contribution is 0.597. The second kappa shape index (κ2) is 6.36. The molecule has 0 amide bonds. The lowest BCUT2D eigenvalue weighted by Gasteiger charge is -2.03. The zero-order valence-corrected chi connectivity index (χ0v) is 11.2. The lowest BCUT2D eigenvalue weighted by Crippen LogP contribution is -2.12. The van der Waals surface area contributed by atoms with E-state index in [0.29, 0.717) is 0 Å². The maximum Gasteiger partial charge on any atom is 0.0638 e. The van der Waals surface area contributed by atoms with Gasteiger partial charge >= 0.3 is 0 Å². The van der Waals surface area contributed by atoms with E-state index in [1.54, 1.807) is 0 Å². The Kier molecular flexibility index (Phi) is 4.53. The van der Waals surface area contributed by atoms with Crippen LogP contribution < -0.4 is 5.32 Å². The van der Waals surface area contributed by atoms with Crippen LogP contribution in [0.1, 0.15) is 30.2 Å². The molecule has 1 aromatic carbocycles. The van der Waals surface area contributed by atoms with Gasteiger partial charge in [0, 0.05) is 31.4 Å². The van der Waals surface area contributed by atoms with Crippen molar-refractivity contribution in [1.82, 2.24) is 15.1 Å². The molecule has 0 spiro atoms. The van der Waals surface area contributed by atoms with Crippen molar-refractivity contribution in [3.8, 4) is 0 Å². The van der Waals surface area contributed by atoms with Crippen LogP contribution in [0.5, 0.6) is 0 Å². The molecular weight excluding hydrogens is 222 g/mol. The Morgan fingerprint density at radius 1 is 1.17 bits per heavy atom. The molecule has 3 nitrogen and oxygen atoms in total. The number of aromatic nitrogens is 2. The molecule has 0 radical (unpaired) electrons. The molecule has 1 heterocycles. The van der Waals surface area contributed by atoms with Crippen LogP contribution in [0, 0.1) is 6.92 Å². The van der Waals surface area contributed by atoms with Gasteiger partial charge in [0.2, 0.25) is 0 Å². The molecule has 96 valence electrons. The van der Waals surface area contributed by atoms with E-state index in [2.05, 4.69) is 54.7 Å². The molecule has 0 aliphatic carbocycles. The quantitative estimate of drug-likeness (QED) is 0.845. The highest BCUT2D eigenvalue weighted by Crippen LogP contribution is 2.06. The smallest absolute Gasteiger partial charge is 0.0638 e. The topological polar surface area (TPSA) is 29.9 Å². The van der Waals surface area contributed by atoms with Gasteiger partial charge in [0.15, 0.2) is 0 Å². The Morgan fingerprint density at radius 3 is 2.67 bits per heavy atom. The van der Waals surface area contributed by atoms with E-state index in [4.69, 9.17) is 0 Å². The summed E-state index contributed by atoms with van der Waals surface area (Å²) >= 11 is 0. The molecule has 0 aliphatic rings. The molecule has 0 saturated heterocycles. The molecule has 0 unspecified atom stereocenters. The maximum atomic E-state index is 4.50. The normalized spacial score (nSPS) is 10.8. The molecule has 2 aromatic rings. The molecule has 1 aromatic heterocycles. The van der Waals surface area contributed by atoms with Crippen molar-refractivity contribution in [2.45, 2.75) is 39.9 Å². The summed E-state index contributed by atoms with van der Waals surface area (Å²) in [7, 11) is 0. The first-order chi connectivity index (χ1) is 8.79. The summed E-state index contributed by atoms with van der Waals surface area (Å²) in [6.45, 7) is 7.03. The molecular formula is C15H21N3. The maximum absolute atomic E-state index is 4.50. The van der Waals surface area contributed by atoms with Crippen molar-refractivity contribution in [2.75, 3.05) is 0 Å². The Morgan fingerprint density at radius 2 is 1.94 bits per heavy atom. The summed E-state index contributed by atoms with van der Waals surface area (Å²) in [5, 5.41) is 7.96. The molecule has 3 heteroatoms. The van der Waals surface area contributed by atoms with Gasteiger partial charge in [-0.15, -0.1) is 0 Å². The highest BCUT2D eigenvalue weighted by atomic mass is 15.3. The molecule has 2 rings (SSSR count). The van der Waals surface area contributed by atoms with E-state index in [1.807, 2.05) is 10.7 Å². The monoisotopic (exact) mass is 243 g/mol. The first-order valence-corrected chi connectivity index (χ1v) is 6.57. The molecule has 0 fully saturated rings. The number of hydrogen-bond donors (Lipinski definition) is 1. The number of rotatable bonds is 6. The van der Waals surface area contributed by atoms with E-state index in [1.165, 1.54) is 11.1 Å². The van der Waals surface area contributed by atoms with E-state index < -0.39 is 0 Å². The molecule has 1 N–H and O–H groups in total. The van der Waals surface area contributed by atoms with Gasteiger partial charge in [-0.3, -0.25) is 4.68 Å². The van der Waals surface area contributed by atoms with Gasteiger partial charge in [0.1, 0.15) is 0 Å². The molecule has 0 bridgehead atoms. The third-order valence-corrected chi connectivity index (χ3v) is 2.99. The average Bonchev–Trinajstić information content (AvgIpc) is 2.72. The van der Waals surface area contributed by atoms with E-state index in [-0.39, 0.29) is 0 Å². The van der Waals surface area contributed by atoms with E-state index in [9.17, 15) is 0 Å². The first-order valence-electron chi connectivity index (χ1n) is 6.57. The van der Waals surface area contributed by atoms with Gasteiger partial charge in [-0.05, 0) is 18.9 Å². The minimum atomic E-state index is 0.879. The van der Waals surface area contributed by atoms with Crippen molar-refractivity contribution in [3.63, 3.8) is 0 Å². The fourth-order valence-electron chi connectivity index (χ4n) is 2.01. The SMILES string of the molecule is CCCn1cc(CNCc2ccccc2)c(C)n1. The predicted octanol–water partition coefficient (Wildman–Crippen LogP) is 2.89. The fourth-order valence-corrected chi connectivity index (χ4v) is 2.01. The Hall–Kier alpha value is -1.61. The Labute approximate surface area is 109 Å². The minimum Gasteiger partial charge on any atom is -0.308 e. The number of nitrogens with zero attached hydrogens (tertiary/aromatic N) is 2. The summed E-state index contributed by atoms with van der Waals surface area (Å²) in [6.07, 6.45) is 3.27. The highest BCUT2D eigenvalue weighted by Gasteiger charge is 2.03. The van der Waals surface area contributed by atoms with Crippen molar-refractivity contribution >= 4 is 0 Å². The fraction of sp³-hybridized carbons (Fsp3) is 0.400. The predicted molar refractivity (Wildman–Crippen MR) is 74.2 cm³/mol. The third-order valence-electron chi connectivity index (χ3n) is 2.99.